The maximum absolute atomic E-state index is 14.4. The van der Waals surface area contributed by atoms with Crippen LogP contribution in [0.1, 0.15) is 22.3 Å². The summed E-state index contributed by atoms with van der Waals surface area (Å²) >= 11 is 0. The predicted octanol–water partition coefficient (Wildman–Crippen LogP) is 1.90. The first-order valence-electron chi connectivity index (χ1n) is 6.81. The Bertz CT molecular complexity index is 789. The van der Waals surface area contributed by atoms with Crippen molar-refractivity contribution in [1.82, 2.24) is 4.98 Å². The van der Waals surface area contributed by atoms with Crippen molar-refractivity contribution in [2.75, 3.05) is 11.9 Å². The maximum Gasteiger partial charge on any atom is 0.250 e. The van der Waals surface area contributed by atoms with E-state index >= 15 is 0 Å². The van der Waals surface area contributed by atoms with Gasteiger partial charge in [0.05, 0.1) is 11.3 Å². The van der Waals surface area contributed by atoms with Crippen LogP contribution in [0.4, 0.5) is 10.1 Å². The first kappa shape index (κ1) is 14.2. The van der Waals surface area contributed by atoms with Gasteiger partial charge >= 0.3 is 0 Å². The average Bonchev–Trinajstić information content (AvgIpc) is 2.50. The fraction of sp³-hybridized carbons (Fsp3) is 0.188. The van der Waals surface area contributed by atoms with Crippen LogP contribution in [-0.2, 0) is 11.2 Å². The molecule has 6 heteroatoms. The molecule has 1 aromatic heterocycles. The van der Waals surface area contributed by atoms with Crippen molar-refractivity contribution in [3.8, 4) is 11.1 Å². The van der Waals surface area contributed by atoms with Gasteiger partial charge in [-0.05, 0) is 35.7 Å². The molecule has 0 aliphatic carbocycles. The lowest BCUT2D eigenvalue weighted by Gasteiger charge is -2.26. The third kappa shape index (κ3) is 2.32. The number of primary amides is 1. The zero-order valence-corrected chi connectivity index (χ0v) is 12.0. The molecule has 0 saturated carbocycles. The summed E-state index contributed by atoms with van der Waals surface area (Å²) < 4.78 is 14.4. The minimum atomic E-state index is -0.585. The molecule has 1 aromatic carbocycles. The molecule has 0 radical (unpaired) electrons. The van der Waals surface area contributed by atoms with E-state index in [-0.39, 0.29) is 11.5 Å². The Kier molecular flexibility index (Phi) is 3.36. The van der Waals surface area contributed by atoms with Crippen LogP contribution >= 0.6 is 0 Å². The average molecular weight is 299 g/mol. The largest absolute Gasteiger partial charge is 0.366 e. The standard InChI is InChI=1S/C16H14FN3O2/c1-20-14(21)3-2-9-4-10(6-13(17)15(9)20)11-5-12(16(18)22)8-19-7-11/h4-8H,2-3H2,1H3,(H2,18,22). The van der Waals surface area contributed by atoms with Crippen LogP contribution in [0.3, 0.4) is 0 Å². The van der Waals surface area contributed by atoms with E-state index < -0.39 is 11.7 Å². The number of nitrogens with zero attached hydrogens (tertiary/aromatic N) is 2. The number of carbonyl (C=O) groups excluding carboxylic acids is 2. The lowest BCUT2D eigenvalue weighted by molar-refractivity contribution is -0.118. The van der Waals surface area contributed by atoms with Crippen molar-refractivity contribution < 1.29 is 14.0 Å². The van der Waals surface area contributed by atoms with Crippen LogP contribution < -0.4 is 10.6 Å². The fourth-order valence-electron chi connectivity index (χ4n) is 2.66. The van der Waals surface area contributed by atoms with E-state index in [1.54, 1.807) is 19.3 Å². The Morgan fingerprint density at radius 3 is 2.73 bits per heavy atom. The van der Waals surface area contributed by atoms with E-state index in [0.717, 1.165) is 5.56 Å². The second kappa shape index (κ2) is 5.22. The van der Waals surface area contributed by atoms with Gasteiger partial charge in [-0.1, -0.05) is 0 Å². The number of pyridine rings is 1. The number of rotatable bonds is 2. The number of nitrogens with two attached hydrogens (primary N) is 1. The summed E-state index contributed by atoms with van der Waals surface area (Å²) in [5.74, 6) is -1.15. The molecule has 0 bridgehead atoms. The third-order valence-electron chi connectivity index (χ3n) is 3.82. The van der Waals surface area contributed by atoms with Gasteiger partial charge in [0.2, 0.25) is 11.8 Å². The number of aromatic nitrogens is 1. The zero-order valence-electron chi connectivity index (χ0n) is 12.0. The van der Waals surface area contributed by atoms with Gasteiger partial charge in [-0.25, -0.2) is 4.39 Å². The highest BCUT2D eigenvalue weighted by Gasteiger charge is 2.25. The monoisotopic (exact) mass is 299 g/mol. The molecule has 2 aromatic rings. The summed E-state index contributed by atoms with van der Waals surface area (Å²) in [6.07, 6.45) is 3.76. The first-order valence-corrected chi connectivity index (χ1v) is 6.81. The van der Waals surface area contributed by atoms with Gasteiger partial charge < -0.3 is 10.6 Å². The number of aryl methyl sites for hydroxylation is 1. The van der Waals surface area contributed by atoms with Gasteiger partial charge in [0.25, 0.3) is 0 Å². The zero-order chi connectivity index (χ0) is 15.9. The lowest BCUT2D eigenvalue weighted by Crippen LogP contribution is -2.32. The van der Waals surface area contributed by atoms with E-state index in [9.17, 15) is 14.0 Å². The Labute approximate surface area is 126 Å². The first-order chi connectivity index (χ1) is 10.5. The number of halogens is 1. The molecule has 2 heterocycles. The molecule has 0 fully saturated rings. The van der Waals surface area contributed by atoms with Crippen LogP contribution in [0.5, 0.6) is 0 Å². The highest BCUT2D eigenvalue weighted by Crippen LogP contribution is 2.34. The molecule has 112 valence electrons. The molecule has 0 unspecified atom stereocenters. The Balaban J connectivity index is 2.11. The van der Waals surface area contributed by atoms with Gasteiger partial charge in [-0.2, -0.15) is 0 Å². The molecular formula is C16H14FN3O2. The highest BCUT2D eigenvalue weighted by molar-refractivity contribution is 5.97. The smallest absolute Gasteiger partial charge is 0.250 e. The molecule has 0 spiro atoms. The second-order valence-corrected chi connectivity index (χ2v) is 5.25. The minimum Gasteiger partial charge on any atom is -0.366 e. The highest BCUT2D eigenvalue weighted by atomic mass is 19.1. The second-order valence-electron chi connectivity index (χ2n) is 5.25. The predicted molar refractivity (Wildman–Crippen MR) is 79.9 cm³/mol. The number of fused-ring (bicyclic) bond motifs is 1. The van der Waals surface area contributed by atoms with Crippen LogP contribution in [0.2, 0.25) is 0 Å². The van der Waals surface area contributed by atoms with Crippen molar-refractivity contribution in [1.29, 1.82) is 0 Å². The summed E-state index contributed by atoms with van der Waals surface area (Å²) in [7, 11) is 1.57. The molecular weight excluding hydrogens is 285 g/mol. The van der Waals surface area contributed by atoms with E-state index in [4.69, 9.17) is 5.73 Å². The van der Waals surface area contributed by atoms with Crippen LogP contribution in [0.25, 0.3) is 11.1 Å². The summed E-state index contributed by atoms with van der Waals surface area (Å²) in [6.45, 7) is 0. The molecule has 22 heavy (non-hydrogen) atoms. The van der Waals surface area contributed by atoms with Crippen LogP contribution in [0, 0.1) is 5.82 Å². The van der Waals surface area contributed by atoms with Crippen molar-refractivity contribution in [2.45, 2.75) is 12.8 Å². The van der Waals surface area contributed by atoms with Crippen LogP contribution in [0.15, 0.2) is 30.6 Å². The number of hydrogen-bond acceptors (Lipinski definition) is 3. The van der Waals surface area contributed by atoms with Gasteiger partial charge in [0, 0.05) is 31.4 Å². The van der Waals surface area contributed by atoms with E-state index in [1.807, 2.05) is 6.07 Å². The molecule has 1 aliphatic heterocycles. The Morgan fingerprint density at radius 2 is 2.00 bits per heavy atom. The van der Waals surface area contributed by atoms with Crippen LogP contribution in [-0.4, -0.2) is 23.8 Å². The van der Waals surface area contributed by atoms with Crippen molar-refractivity contribution in [3.05, 3.63) is 47.5 Å². The summed E-state index contributed by atoms with van der Waals surface area (Å²) in [4.78, 5) is 28.2. The van der Waals surface area contributed by atoms with Crippen molar-refractivity contribution >= 4 is 17.5 Å². The molecule has 2 amide bonds. The number of anilines is 1. The van der Waals surface area contributed by atoms with Gasteiger partial charge in [-0.15, -0.1) is 0 Å². The normalized spacial score (nSPS) is 13.9. The number of benzene rings is 1. The Morgan fingerprint density at radius 1 is 1.23 bits per heavy atom. The SMILES string of the molecule is CN1C(=O)CCc2cc(-c3cncc(C(N)=O)c3)cc(F)c21. The van der Waals surface area contributed by atoms with Crippen molar-refractivity contribution in [3.63, 3.8) is 0 Å². The van der Waals surface area contributed by atoms with Gasteiger partial charge in [0.1, 0.15) is 5.82 Å². The molecule has 0 atom stereocenters. The minimum absolute atomic E-state index is 0.100. The summed E-state index contributed by atoms with van der Waals surface area (Å²) in [5, 5.41) is 0. The molecule has 3 rings (SSSR count). The van der Waals surface area contributed by atoms with E-state index in [2.05, 4.69) is 4.98 Å². The summed E-state index contributed by atoms with van der Waals surface area (Å²) in [6, 6.07) is 4.74. The summed E-state index contributed by atoms with van der Waals surface area (Å²) in [5.41, 5.74) is 7.80. The topological polar surface area (TPSA) is 76.3 Å². The fourth-order valence-corrected chi connectivity index (χ4v) is 2.66. The molecule has 5 nitrogen and oxygen atoms in total. The molecule has 2 N–H and O–H groups in total. The van der Waals surface area contributed by atoms with Crippen molar-refractivity contribution in [2.24, 2.45) is 5.73 Å². The third-order valence-corrected chi connectivity index (χ3v) is 3.82. The van der Waals surface area contributed by atoms with E-state index in [1.165, 1.54) is 17.2 Å². The quantitative estimate of drug-likeness (QED) is 0.920. The molecule has 1 aliphatic rings. The number of hydrogen-bond donors (Lipinski definition) is 1. The van der Waals surface area contributed by atoms with E-state index in [0.29, 0.717) is 29.7 Å². The molecule has 0 saturated heterocycles. The lowest BCUT2D eigenvalue weighted by atomic mass is 9.96. The number of carbonyl (C=O) groups is 2. The van der Waals surface area contributed by atoms with Gasteiger partial charge in [0.15, 0.2) is 0 Å². The Hall–Kier alpha value is -2.76. The maximum atomic E-state index is 14.4. The number of amides is 2. The van der Waals surface area contributed by atoms with Gasteiger partial charge in [-0.3, -0.25) is 14.6 Å².